The second-order valence-electron chi connectivity index (χ2n) is 3.95. The third-order valence-corrected chi connectivity index (χ3v) is 2.20. The summed E-state index contributed by atoms with van der Waals surface area (Å²) in [6, 6.07) is 3.82. The van der Waals surface area contributed by atoms with E-state index in [0.717, 1.165) is 0 Å². The van der Waals surface area contributed by atoms with Gasteiger partial charge in [-0.25, -0.2) is 0 Å². The van der Waals surface area contributed by atoms with E-state index in [0.29, 0.717) is 0 Å². The number of anilines is 1. The number of nitrogens with two attached hydrogens (primary N) is 2. The second kappa shape index (κ2) is 5.76. The van der Waals surface area contributed by atoms with Crippen LogP contribution in [0.25, 0.3) is 0 Å². The SMILES string of the molecule is CC(=O)CC(=O)Nc1cc(C(N)=O)cc(C(N)=O)c1. The van der Waals surface area contributed by atoms with Crippen LogP contribution in [0, 0.1) is 0 Å². The summed E-state index contributed by atoms with van der Waals surface area (Å²) in [5.74, 6) is -2.38. The maximum Gasteiger partial charge on any atom is 0.248 e. The Kier molecular flexibility index (Phi) is 4.36. The zero-order valence-corrected chi connectivity index (χ0v) is 10.2. The lowest BCUT2D eigenvalue weighted by atomic mass is 10.1. The molecule has 0 atom stereocenters. The minimum atomic E-state index is -0.759. The Hall–Kier alpha value is -2.70. The van der Waals surface area contributed by atoms with E-state index in [1.807, 2.05) is 0 Å². The van der Waals surface area contributed by atoms with Crippen LogP contribution in [0.1, 0.15) is 34.1 Å². The largest absolute Gasteiger partial charge is 0.366 e. The highest BCUT2D eigenvalue weighted by Gasteiger charge is 2.11. The van der Waals surface area contributed by atoms with Crippen LogP contribution in [0.3, 0.4) is 0 Å². The van der Waals surface area contributed by atoms with E-state index >= 15 is 0 Å². The first-order valence-electron chi connectivity index (χ1n) is 5.33. The molecule has 7 heteroatoms. The number of Topliss-reactive ketones (excluding diaryl/α,β-unsaturated/α-hetero) is 1. The Morgan fingerprint density at radius 2 is 1.47 bits per heavy atom. The van der Waals surface area contributed by atoms with Gasteiger partial charge in [-0.3, -0.25) is 19.2 Å². The Labute approximate surface area is 108 Å². The average Bonchev–Trinajstić information content (AvgIpc) is 2.26. The number of primary amides is 2. The molecule has 100 valence electrons. The summed E-state index contributed by atoms with van der Waals surface area (Å²) in [4.78, 5) is 44.4. The van der Waals surface area contributed by atoms with Gasteiger partial charge < -0.3 is 16.8 Å². The van der Waals surface area contributed by atoms with Crippen molar-refractivity contribution < 1.29 is 19.2 Å². The summed E-state index contributed by atoms with van der Waals surface area (Å²) in [7, 11) is 0. The third-order valence-electron chi connectivity index (χ3n) is 2.20. The Balaban J connectivity index is 3.06. The van der Waals surface area contributed by atoms with E-state index in [4.69, 9.17) is 11.5 Å². The average molecular weight is 263 g/mol. The van der Waals surface area contributed by atoms with Gasteiger partial charge in [-0.2, -0.15) is 0 Å². The van der Waals surface area contributed by atoms with Crippen molar-refractivity contribution in [1.29, 1.82) is 0 Å². The number of amides is 3. The monoisotopic (exact) mass is 263 g/mol. The molecule has 0 aliphatic carbocycles. The quantitative estimate of drug-likeness (QED) is 0.634. The standard InChI is InChI=1S/C12H13N3O4/c1-6(16)2-10(17)15-9-4-7(11(13)18)3-8(5-9)12(14)19/h3-5H,2H2,1H3,(H2,13,18)(H2,14,19)(H,15,17). The van der Waals surface area contributed by atoms with Crippen LogP contribution in [-0.4, -0.2) is 23.5 Å². The Morgan fingerprint density at radius 3 is 1.84 bits per heavy atom. The van der Waals surface area contributed by atoms with Crippen LogP contribution in [0.2, 0.25) is 0 Å². The summed E-state index contributed by atoms with van der Waals surface area (Å²) in [6.45, 7) is 1.27. The normalized spacial score (nSPS) is 9.74. The number of carbonyl (C=O) groups is 4. The molecule has 0 radical (unpaired) electrons. The fraction of sp³-hybridized carbons (Fsp3) is 0.167. The number of benzene rings is 1. The van der Waals surface area contributed by atoms with Crippen LogP contribution in [0.4, 0.5) is 5.69 Å². The Bertz CT molecular complexity index is 534. The van der Waals surface area contributed by atoms with Crippen molar-refractivity contribution in [2.75, 3.05) is 5.32 Å². The molecule has 1 rings (SSSR count). The van der Waals surface area contributed by atoms with Gasteiger partial charge in [0.1, 0.15) is 5.78 Å². The molecule has 19 heavy (non-hydrogen) atoms. The molecule has 0 bridgehead atoms. The summed E-state index contributed by atoms with van der Waals surface area (Å²) in [5, 5.41) is 2.39. The van der Waals surface area contributed by atoms with Gasteiger partial charge in [-0.1, -0.05) is 0 Å². The van der Waals surface area contributed by atoms with Gasteiger partial charge in [0.05, 0.1) is 6.42 Å². The van der Waals surface area contributed by atoms with Gasteiger partial charge in [-0.05, 0) is 25.1 Å². The summed E-state index contributed by atoms with van der Waals surface area (Å²) in [5.41, 5.74) is 10.5. The first-order chi connectivity index (χ1) is 8.79. The van der Waals surface area contributed by atoms with Crippen LogP contribution in [0.15, 0.2) is 18.2 Å². The summed E-state index contributed by atoms with van der Waals surface area (Å²) in [6.07, 6.45) is -0.299. The van der Waals surface area contributed by atoms with Gasteiger partial charge in [0.2, 0.25) is 17.7 Å². The zero-order chi connectivity index (χ0) is 14.6. The molecule has 0 aliphatic heterocycles. The van der Waals surface area contributed by atoms with Crippen LogP contribution >= 0.6 is 0 Å². The number of hydrogen-bond donors (Lipinski definition) is 3. The molecule has 0 aliphatic rings. The molecule has 1 aromatic rings. The maximum absolute atomic E-state index is 11.4. The molecule has 1 aromatic carbocycles. The lowest BCUT2D eigenvalue weighted by Gasteiger charge is -2.07. The lowest BCUT2D eigenvalue weighted by Crippen LogP contribution is -2.19. The van der Waals surface area contributed by atoms with E-state index in [-0.39, 0.29) is 29.0 Å². The van der Waals surface area contributed by atoms with Crippen molar-refractivity contribution in [1.82, 2.24) is 0 Å². The molecule has 7 nitrogen and oxygen atoms in total. The van der Waals surface area contributed by atoms with Crippen molar-refractivity contribution in [2.24, 2.45) is 11.5 Å². The molecule has 0 spiro atoms. The predicted molar refractivity (Wildman–Crippen MR) is 67.4 cm³/mol. The lowest BCUT2D eigenvalue weighted by molar-refractivity contribution is -0.124. The van der Waals surface area contributed by atoms with Gasteiger partial charge in [0.15, 0.2) is 0 Å². The molecule has 3 amide bonds. The second-order valence-corrected chi connectivity index (χ2v) is 3.95. The highest BCUT2D eigenvalue weighted by molar-refractivity contribution is 6.05. The van der Waals surface area contributed by atoms with Crippen LogP contribution in [0.5, 0.6) is 0 Å². The highest BCUT2D eigenvalue weighted by Crippen LogP contribution is 2.15. The van der Waals surface area contributed by atoms with Crippen molar-refractivity contribution in [2.45, 2.75) is 13.3 Å². The van der Waals surface area contributed by atoms with Crippen molar-refractivity contribution in [3.63, 3.8) is 0 Å². The smallest absolute Gasteiger partial charge is 0.248 e. The minimum Gasteiger partial charge on any atom is -0.366 e. The fourth-order valence-corrected chi connectivity index (χ4v) is 1.42. The number of nitrogens with one attached hydrogen (secondary N) is 1. The third kappa shape index (κ3) is 4.23. The van der Waals surface area contributed by atoms with Crippen LogP contribution < -0.4 is 16.8 Å². The highest BCUT2D eigenvalue weighted by atomic mass is 16.2. The van der Waals surface area contributed by atoms with Gasteiger partial charge in [0.25, 0.3) is 0 Å². The minimum absolute atomic E-state index is 0.0365. The number of ketones is 1. The molecule has 5 N–H and O–H groups in total. The van der Waals surface area contributed by atoms with Crippen molar-refractivity contribution in [3.05, 3.63) is 29.3 Å². The molecule has 0 heterocycles. The summed E-state index contributed by atoms with van der Waals surface area (Å²) < 4.78 is 0. The van der Waals surface area contributed by atoms with E-state index in [1.54, 1.807) is 0 Å². The zero-order valence-electron chi connectivity index (χ0n) is 10.2. The van der Waals surface area contributed by atoms with E-state index in [1.165, 1.54) is 25.1 Å². The van der Waals surface area contributed by atoms with Crippen LogP contribution in [-0.2, 0) is 9.59 Å². The Morgan fingerprint density at radius 1 is 1.00 bits per heavy atom. The van der Waals surface area contributed by atoms with E-state index < -0.39 is 17.7 Å². The van der Waals surface area contributed by atoms with Crippen molar-refractivity contribution >= 4 is 29.2 Å². The van der Waals surface area contributed by atoms with Gasteiger partial charge >= 0.3 is 0 Å². The molecular formula is C12H13N3O4. The number of hydrogen-bond acceptors (Lipinski definition) is 4. The molecule has 0 saturated heterocycles. The first kappa shape index (κ1) is 14.4. The fourth-order valence-electron chi connectivity index (χ4n) is 1.42. The maximum atomic E-state index is 11.4. The molecule has 0 fully saturated rings. The number of rotatable bonds is 5. The molecule has 0 aromatic heterocycles. The van der Waals surface area contributed by atoms with Gasteiger partial charge in [-0.15, -0.1) is 0 Å². The van der Waals surface area contributed by atoms with E-state index in [2.05, 4.69) is 5.32 Å². The molecular weight excluding hydrogens is 250 g/mol. The predicted octanol–water partition coefficient (Wildman–Crippen LogP) is -0.198. The topological polar surface area (TPSA) is 132 Å². The number of carbonyl (C=O) groups excluding carboxylic acids is 4. The van der Waals surface area contributed by atoms with E-state index in [9.17, 15) is 19.2 Å². The summed E-state index contributed by atoms with van der Waals surface area (Å²) >= 11 is 0. The van der Waals surface area contributed by atoms with Gasteiger partial charge in [0, 0.05) is 16.8 Å². The van der Waals surface area contributed by atoms with Crippen molar-refractivity contribution in [3.8, 4) is 0 Å². The molecule has 0 unspecified atom stereocenters. The molecule has 0 saturated carbocycles. The first-order valence-corrected chi connectivity index (χ1v) is 5.33.